The summed E-state index contributed by atoms with van der Waals surface area (Å²) >= 11 is 0. The van der Waals surface area contributed by atoms with Crippen LogP contribution in [0.25, 0.3) is 0 Å². The largest absolute Gasteiger partial charge is 0.244 e. The van der Waals surface area contributed by atoms with E-state index in [-0.39, 0.29) is 11.4 Å². The first-order valence-corrected chi connectivity index (χ1v) is 4.86. The number of nitrogens with one attached hydrogen (secondary N) is 1. The summed E-state index contributed by atoms with van der Waals surface area (Å²) in [7, 11) is -3.56. The average Bonchev–Trinajstić information content (AvgIpc) is 2.29. The lowest BCUT2D eigenvalue weighted by Gasteiger charge is -1.96. The van der Waals surface area contributed by atoms with Crippen LogP contribution in [-0.2, 0) is 16.6 Å². The minimum atomic E-state index is -3.56. The van der Waals surface area contributed by atoms with Gasteiger partial charge >= 0.3 is 0 Å². The Morgan fingerprint density at radius 1 is 1.42 bits per heavy atom. The molecular weight excluding hydrogens is 181 g/mol. The van der Waals surface area contributed by atoms with Crippen LogP contribution in [0.4, 0.5) is 4.39 Å². The van der Waals surface area contributed by atoms with E-state index in [4.69, 9.17) is 0 Å². The Morgan fingerprint density at radius 2 is 2.17 bits per heavy atom. The van der Waals surface area contributed by atoms with Gasteiger partial charge in [0.2, 0.25) is 10.0 Å². The number of hydrogen-bond donors (Lipinski definition) is 1. The number of sulfonamides is 1. The Bertz CT molecular complexity index is 427. The van der Waals surface area contributed by atoms with Crippen LogP contribution in [0, 0.1) is 5.82 Å². The maximum Gasteiger partial charge on any atom is 0.244 e. The van der Waals surface area contributed by atoms with Crippen molar-refractivity contribution in [3.63, 3.8) is 0 Å². The summed E-state index contributed by atoms with van der Waals surface area (Å²) in [6, 6.07) is 4.23. The fourth-order valence-electron chi connectivity index (χ4n) is 1.24. The Hall–Kier alpha value is -0.940. The van der Waals surface area contributed by atoms with Crippen molar-refractivity contribution in [1.29, 1.82) is 0 Å². The Kier molecular flexibility index (Phi) is 1.46. The van der Waals surface area contributed by atoms with Gasteiger partial charge in [-0.05, 0) is 11.6 Å². The van der Waals surface area contributed by atoms with E-state index in [1.165, 1.54) is 6.07 Å². The van der Waals surface area contributed by atoms with Gasteiger partial charge in [0.1, 0.15) is 10.7 Å². The third kappa shape index (κ3) is 0.937. The van der Waals surface area contributed by atoms with E-state index in [0.717, 1.165) is 6.07 Å². The van der Waals surface area contributed by atoms with Gasteiger partial charge in [-0.25, -0.2) is 17.5 Å². The highest BCUT2D eigenvalue weighted by atomic mass is 32.2. The molecular formula is C7H6FNO2S. The van der Waals surface area contributed by atoms with Crippen molar-refractivity contribution in [3.05, 3.63) is 29.6 Å². The molecule has 0 fully saturated rings. The highest BCUT2D eigenvalue weighted by Gasteiger charge is 2.28. The third-order valence-electron chi connectivity index (χ3n) is 1.77. The summed E-state index contributed by atoms with van der Waals surface area (Å²) < 4.78 is 37.4. The molecule has 64 valence electrons. The molecule has 1 aromatic carbocycles. The zero-order valence-corrected chi connectivity index (χ0v) is 6.86. The molecule has 0 bridgehead atoms. The Morgan fingerprint density at radius 3 is 2.83 bits per heavy atom. The van der Waals surface area contributed by atoms with Crippen molar-refractivity contribution in [3.8, 4) is 0 Å². The molecule has 5 heteroatoms. The summed E-state index contributed by atoms with van der Waals surface area (Å²) in [4.78, 5) is -0.204. The van der Waals surface area contributed by atoms with E-state index in [1.54, 1.807) is 6.07 Å². The van der Waals surface area contributed by atoms with Gasteiger partial charge in [-0.15, -0.1) is 0 Å². The topological polar surface area (TPSA) is 46.2 Å². The molecule has 1 heterocycles. The quantitative estimate of drug-likeness (QED) is 0.647. The molecule has 3 nitrogen and oxygen atoms in total. The second-order valence-corrected chi connectivity index (χ2v) is 4.26. The molecule has 0 atom stereocenters. The molecule has 0 radical (unpaired) electrons. The van der Waals surface area contributed by atoms with Crippen LogP contribution in [-0.4, -0.2) is 8.42 Å². The standard InChI is InChI=1S/C7H6FNO2S/c8-6-3-1-2-5-4-9-12(10,11)7(5)6/h1-3,9H,4H2. The van der Waals surface area contributed by atoms with Crippen molar-refractivity contribution in [2.45, 2.75) is 11.4 Å². The van der Waals surface area contributed by atoms with Crippen LogP contribution >= 0.6 is 0 Å². The summed E-state index contributed by atoms with van der Waals surface area (Å²) in [5, 5.41) is 0. The van der Waals surface area contributed by atoms with E-state index in [9.17, 15) is 12.8 Å². The maximum atomic E-state index is 13.0. The highest BCUT2D eigenvalue weighted by molar-refractivity contribution is 7.89. The zero-order valence-electron chi connectivity index (χ0n) is 6.04. The molecule has 1 aromatic rings. The lowest BCUT2D eigenvalue weighted by Crippen LogP contribution is -2.14. The minimum Gasteiger partial charge on any atom is -0.207 e. The summed E-state index contributed by atoms with van der Waals surface area (Å²) in [5.74, 6) is -0.683. The van der Waals surface area contributed by atoms with Crippen molar-refractivity contribution in [1.82, 2.24) is 4.72 Å². The molecule has 0 saturated carbocycles. The van der Waals surface area contributed by atoms with E-state index < -0.39 is 15.8 Å². The first-order valence-electron chi connectivity index (χ1n) is 3.38. The molecule has 1 N–H and O–H groups in total. The zero-order chi connectivity index (χ0) is 8.77. The van der Waals surface area contributed by atoms with Crippen LogP contribution in [0.3, 0.4) is 0 Å². The molecule has 12 heavy (non-hydrogen) atoms. The fourth-order valence-corrected chi connectivity index (χ4v) is 2.54. The monoisotopic (exact) mass is 187 g/mol. The molecule has 1 aliphatic heterocycles. The highest BCUT2D eigenvalue weighted by Crippen LogP contribution is 2.24. The van der Waals surface area contributed by atoms with Crippen LogP contribution in [0.1, 0.15) is 5.56 Å². The van der Waals surface area contributed by atoms with E-state index in [2.05, 4.69) is 4.72 Å². The average molecular weight is 187 g/mol. The lowest BCUT2D eigenvalue weighted by molar-refractivity contribution is 0.567. The van der Waals surface area contributed by atoms with Crippen LogP contribution in [0.5, 0.6) is 0 Å². The fraction of sp³-hybridized carbons (Fsp3) is 0.143. The molecule has 0 saturated heterocycles. The van der Waals surface area contributed by atoms with Gasteiger partial charge in [-0.1, -0.05) is 12.1 Å². The van der Waals surface area contributed by atoms with Gasteiger partial charge < -0.3 is 0 Å². The van der Waals surface area contributed by atoms with E-state index >= 15 is 0 Å². The molecule has 0 aromatic heterocycles. The van der Waals surface area contributed by atoms with E-state index in [1.807, 2.05) is 0 Å². The van der Waals surface area contributed by atoms with Gasteiger partial charge in [-0.3, -0.25) is 0 Å². The minimum absolute atomic E-state index is 0.190. The SMILES string of the molecule is O=S1(=O)NCc2cccc(F)c21. The van der Waals surface area contributed by atoms with Gasteiger partial charge in [0.05, 0.1) is 0 Å². The second kappa shape index (κ2) is 2.27. The van der Waals surface area contributed by atoms with Crippen molar-refractivity contribution in [2.75, 3.05) is 0 Å². The van der Waals surface area contributed by atoms with Crippen LogP contribution < -0.4 is 4.72 Å². The number of halogens is 1. The Balaban J connectivity index is 2.81. The molecule has 0 unspecified atom stereocenters. The summed E-state index contributed by atoms with van der Waals surface area (Å²) in [5.41, 5.74) is 0.495. The Labute approximate surface area is 69.3 Å². The predicted molar refractivity (Wildman–Crippen MR) is 40.4 cm³/mol. The van der Waals surface area contributed by atoms with Crippen LogP contribution in [0.2, 0.25) is 0 Å². The normalized spacial score (nSPS) is 19.1. The van der Waals surface area contributed by atoms with Crippen LogP contribution in [0.15, 0.2) is 23.1 Å². The van der Waals surface area contributed by atoms with Gasteiger partial charge in [0, 0.05) is 6.54 Å². The molecule has 0 aliphatic carbocycles. The van der Waals surface area contributed by atoms with Crippen molar-refractivity contribution >= 4 is 10.0 Å². The first kappa shape index (κ1) is 7.70. The first-order chi connectivity index (χ1) is 5.61. The lowest BCUT2D eigenvalue weighted by atomic mass is 10.2. The van der Waals surface area contributed by atoms with Gasteiger partial charge in [0.15, 0.2) is 0 Å². The third-order valence-corrected chi connectivity index (χ3v) is 3.29. The second-order valence-electron chi connectivity index (χ2n) is 2.55. The predicted octanol–water partition coefficient (Wildman–Crippen LogP) is 0.618. The number of benzene rings is 1. The maximum absolute atomic E-state index is 13.0. The van der Waals surface area contributed by atoms with Crippen molar-refractivity contribution < 1.29 is 12.8 Å². The van der Waals surface area contributed by atoms with Gasteiger partial charge in [-0.2, -0.15) is 0 Å². The number of hydrogen-bond acceptors (Lipinski definition) is 2. The number of fused-ring (bicyclic) bond motifs is 1. The molecule has 2 rings (SSSR count). The van der Waals surface area contributed by atoms with E-state index in [0.29, 0.717) is 5.56 Å². The smallest absolute Gasteiger partial charge is 0.207 e. The molecule has 0 spiro atoms. The number of rotatable bonds is 0. The van der Waals surface area contributed by atoms with Gasteiger partial charge in [0.25, 0.3) is 0 Å². The summed E-state index contributed by atoms with van der Waals surface area (Å²) in [6.07, 6.45) is 0. The molecule has 1 aliphatic rings. The summed E-state index contributed by atoms with van der Waals surface area (Å²) in [6.45, 7) is 0.190. The molecule has 0 amide bonds. The van der Waals surface area contributed by atoms with Crippen molar-refractivity contribution in [2.24, 2.45) is 0 Å².